The molecule has 0 aliphatic rings. The van der Waals surface area contributed by atoms with Crippen LogP contribution in [0.25, 0.3) is 0 Å². The summed E-state index contributed by atoms with van der Waals surface area (Å²) in [6.07, 6.45) is 6.48. The minimum absolute atomic E-state index is 0.0754. The van der Waals surface area contributed by atoms with Crippen LogP contribution in [0.1, 0.15) is 62.7 Å². The monoisotopic (exact) mass is 357 g/mol. The van der Waals surface area contributed by atoms with Crippen molar-refractivity contribution in [3.8, 4) is 0 Å². The first-order valence-electron chi connectivity index (χ1n) is 7.85. The van der Waals surface area contributed by atoms with Crippen LogP contribution in [0.2, 0.25) is 0 Å². The second-order valence-electron chi connectivity index (χ2n) is 5.31. The first-order chi connectivity index (χ1) is 10.1. The van der Waals surface area contributed by atoms with Crippen LogP contribution in [0.5, 0.6) is 0 Å². The van der Waals surface area contributed by atoms with E-state index in [4.69, 9.17) is 0 Å². The quantitative estimate of drug-likeness (QED) is 0.541. The van der Waals surface area contributed by atoms with Gasteiger partial charge in [-0.25, -0.2) is 4.39 Å². The summed E-state index contributed by atoms with van der Waals surface area (Å²) in [6.45, 7) is 5.79. The Morgan fingerprint density at radius 2 is 1.67 bits per heavy atom. The fourth-order valence-electron chi connectivity index (χ4n) is 2.26. The van der Waals surface area contributed by atoms with Gasteiger partial charge in [0.1, 0.15) is 5.82 Å². The molecule has 0 bridgehead atoms. The average Bonchev–Trinajstić information content (AvgIpc) is 2.48. The van der Waals surface area contributed by atoms with Crippen molar-refractivity contribution in [3.63, 3.8) is 0 Å². The summed E-state index contributed by atoms with van der Waals surface area (Å²) in [5.41, 5.74) is 0.419. The maximum Gasteiger partial charge on any atom is 0.255 e. The Labute approximate surface area is 135 Å². The number of benzene rings is 1. The number of hydrogen-bond acceptors (Lipinski definition) is 1. The molecule has 118 valence electrons. The number of carbonyl (C=O) groups is 1. The van der Waals surface area contributed by atoms with Crippen molar-refractivity contribution in [3.05, 3.63) is 34.1 Å². The normalized spacial score (nSPS) is 10.7. The third kappa shape index (κ3) is 5.77. The van der Waals surface area contributed by atoms with E-state index in [1.54, 1.807) is 12.1 Å². The van der Waals surface area contributed by atoms with E-state index in [0.717, 1.165) is 51.6 Å². The second-order valence-corrected chi connectivity index (χ2v) is 6.10. The summed E-state index contributed by atoms with van der Waals surface area (Å²) in [6, 6.07) is 4.63. The summed E-state index contributed by atoms with van der Waals surface area (Å²) in [5.74, 6) is -0.462. The Bertz CT molecular complexity index is 440. The SMILES string of the molecule is CCCCCN(CCCCC)C(=O)c1cccc(F)c1Br. The van der Waals surface area contributed by atoms with Crippen molar-refractivity contribution in [2.24, 2.45) is 0 Å². The van der Waals surface area contributed by atoms with Crippen molar-refractivity contribution >= 4 is 21.8 Å². The summed E-state index contributed by atoms with van der Waals surface area (Å²) in [4.78, 5) is 14.5. The molecule has 1 rings (SSSR count). The first kappa shape index (κ1) is 18.1. The lowest BCUT2D eigenvalue weighted by Gasteiger charge is -2.23. The second kappa shape index (κ2) is 9.93. The van der Waals surface area contributed by atoms with E-state index in [1.165, 1.54) is 6.07 Å². The highest BCUT2D eigenvalue weighted by Crippen LogP contribution is 2.22. The molecule has 0 unspecified atom stereocenters. The lowest BCUT2D eigenvalue weighted by Crippen LogP contribution is -2.33. The first-order valence-corrected chi connectivity index (χ1v) is 8.64. The van der Waals surface area contributed by atoms with Crippen LogP contribution < -0.4 is 0 Å². The summed E-state index contributed by atoms with van der Waals surface area (Å²) in [7, 11) is 0. The Morgan fingerprint density at radius 1 is 1.10 bits per heavy atom. The molecule has 0 fully saturated rings. The number of unbranched alkanes of at least 4 members (excludes halogenated alkanes) is 4. The van der Waals surface area contributed by atoms with E-state index in [0.29, 0.717) is 5.56 Å². The minimum atomic E-state index is -0.386. The van der Waals surface area contributed by atoms with Crippen LogP contribution in [0.3, 0.4) is 0 Å². The molecule has 21 heavy (non-hydrogen) atoms. The fraction of sp³-hybridized carbons (Fsp3) is 0.588. The molecular formula is C17H25BrFNO. The molecule has 0 aliphatic heterocycles. The van der Waals surface area contributed by atoms with Gasteiger partial charge in [-0.05, 0) is 40.9 Å². The molecule has 0 aliphatic carbocycles. The Morgan fingerprint density at radius 3 is 2.19 bits per heavy atom. The standard InChI is InChI=1S/C17H25BrFNO/c1-3-5-7-12-20(13-8-6-4-2)17(21)14-10-9-11-15(19)16(14)18/h9-11H,3-8,12-13H2,1-2H3. The highest BCUT2D eigenvalue weighted by atomic mass is 79.9. The predicted octanol–water partition coefficient (Wildman–Crippen LogP) is 5.41. The van der Waals surface area contributed by atoms with Gasteiger partial charge in [0.15, 0.2) is 0 Å². The van der Waals surface area contributed by atoms with E-state index < -0.39 is 0 Å². The largest absolute Gasteiger partial charge is 0.339 e. The third-order valence-corrected chi connectivity index (χ3v) is 4.34. The topological polar surface area (TPSA) is 20.3 Å². The molecule has 0 saturated heterocycles. The van der Waals surface area contributed by atoms with Crippen molar-refractivity contribution in [1.82, 2.24) is 4.90 Å². The van der Waals surface area contributed by atoms with Gasteiger partial charge in [0, 0.05) is 13.1 Å². The van der Waals surface area contributed by atoms with Crippen LogP contribution in [0, 0.1) is 5.82 Å². The van der Waals surface area contributed by atoms with Gasteiger partial charge in [0.25, 0.3) is 5.91 Å². The smallest absolute Gasteiger partial charge is 0.255 e. The van der Waals surface area contributed by atoms with Gasteiger partial charge < -0.3 is 4.90 Å². The van der Waals surface area contributed by atoms with Gasteiger partial charge in [0.05, 0.1) is 10.0 Å². The molecule has 1 amide bonds. The molecule has 2 nitrogen and oxygen atoms in total. The molecule has 0 spiro atoms. The third-order valence-electron chi connectivity index (χ3n) is 3.53. The highest BCUT2D eigenvalue weighted by Gasteiger charge is 2.19. The molecular weight excluding hydrogens is 333 g/mol. The van der Waals surface area contributed by atoms with E-state index in [9.17, 15) is 9.18 Å². The van der Waals surface area contributed by atoms with Crippen LogP contribution in [-0.2, 0) is 0 Å². The van der Waals surface area contributed by atoms with Crippen LogP contribution >= 0.6 is 15.9 Å². The van der Waals surface area contributed by atoms with Crippen LogP contribution in [0.15, 0.2) is 22.7 Å². The van der Waals surface area contributed by atoms with Gasteiger partial charge in [-0.2, -0.15) is 0 Å². The zero-order valence-corrected chi connectivity index (χ0v) is 14.6. The maximum atomic E-state index is 13.6. The number of rotatable bonds is 9. The molecule has 0 N–H and O–H groups in total. The molecule has 0 radical (unpaired) electrons. The Kier molecular flexibility index (Phi) is 8.58. The van der Waals surface area contributed by atoms with Gasteiger partial charge in [-0.1, -0.05) is 45.6 Å². The lowest BCUT2D eigenvalue weighted by molar-refractivity contribution is 0.0748. The van der Waals surface area contributed by atoms with Crippen LogP contribution in [-0.4, -0.2) is 23.9 Å². The highest BCUT2D eigenvalue weighted by molar-refractivity contribution is 9.10. The zero-order chi connectivity index (χ0) is 15.7. The van der Waals surface area contributed by atoms with Crippen LogP contribution in [0.4, 0.5) is 4.39 Å². The summed E-state index contributed by atoms with van der Waals surface area (Å²) in [5, 5.41) is 0. The van der Waals surface area contributed by atoms with Crippen molar-refractivity contribution < 1.29 is 9.18 Å². The fourth-order valence-corrected chi connectivity index (χ4v) is 2.69. The molecule has 4 heteroatoms. The van der Waals surface area contributed by atoms with E-state index in [1.807, 2.05) is 4.90 Å². The zero-order valence-electron chi connectivity index (χ0n) is 13.0. The maximum absolute atomic E-state index is 13.6. The Hall–Kier alpha value is -0.900. The summed E-state index contributed by atoms with van der Waals surface area (Å²) < 4.78 is 13.9. The van der Waals surface area contributed by atoms with Gasteiger partial charge in [-0.15, -0.1) is 0 Å². The van der Waals surface area contributed by atoms with Gasteiger partial charge in [-0.3, -0.25) is 4.79 Å². The summed E-state index contributed by atoms with van der Waals surface area (Å²) >= 11 is 3.19. The lowest BCUT2D eigenvalue weighted by atomic mass is 10.1. The van der Waals surface area contributed by atoms with Crippen molar-refractivity contribution in [2.45, 2.75) is 52.4 Å². The van der Waals surface area contributed by atoms with Crippen molar-refractivity contribution in [2.75, 3.05) is 13.1 Å². The van der Waals surface area contributed by atoms with E-state index in [2.05, 4.69) is 29.8 Å². The number of carbonyl (C=O) groups excluding carboxylic acids is 1. The molecule has 0 atom stereocenters. The molecule has 0 saturated carbocycles. The number of amides is 1. The van der Waals surface area contributed by atoms with E-state index in [-0.39, 0.29) is 16.2 Å². The molecule has 0 heterocycles. The number of hydrogen-bond donors (Lipinski definition) is 0. The predicted molar refractivity (Wildman–Crippen MR) is 89.1 cm³/mol. The molecule has 1 aromatic carbocycles. The van der Waals surface area contributed by atoms with E-state index >= 15 is 0 Å². The van der Waals surface area contributed by atoms with Gasteiger partial charge in [0.2, 0.25) is 0 Å². The Balaban J connectivity index is 2.79. The van der Waals surface area contributed by atoms with Crippen molar-refractivity contribution in [1.29, 1.82) is 0 Å². The molecule has 1 aromatic rings. The number of halogens is 2. The average molecular weight is 358 g/mol. The van der Waals surface area contributed by atoms with Gasteiger partial charge >= 0.3 is 0 Å². The minimum Gasteiger partial charge on any atom is -0.339 e. The molecule has 0 aromatic heterocycles. The number of nitrogens with zero attached hydrogens (tertiary/aromatic N) is 1.